The van der Waals surface area contributed by atoms with Gasteiger partial charge in [-0.15, -0.1) is 0 Å². The van der Waals surface area contributed by atoms with Crippen molar-refractivity contribution in [3.63, 3.8) is 0 Å². The minimum Gasteiger partial charge on any atom is -0.388 e. The van der Waals surface area contributed by atoms with E-state index in [-0.39, 0.29) is 5.91 Å². The van der Waals surface area contributed by atoms with Crippen LogP contribution in [0.25, 0.3) is 0 Å². The van der Waals surface area contributed by atoms with Crippen molar-refractivity contribution in [2.24, 2.45) is 0 Å². The summed E-state index contributed by atoms with van der Waals surface area (Å²) >= 11 is 0. The van der Waals surface area contributed by atoms with Crippen molar-refractivity contribution < 1.29 is 4.79 Å². The molecular weight excluding hydrogens is 202 g/mol. The Kier molecular flexibility index (Phi) is 4.51. The van der Waals surface area contributed by atoms with Crippen molar-refractivity contribution in [1.82, 2.24) is 10.2 Å². The van der Waals surface area contributed by atoms with E-state index < -0.39 is 0 Å². The molecule has 0 bridgehead atoms. The third-order valence-corrected chi connectivity index (χ3v) is 2.33. The van der Waals surface area contributed by atoms with Crippen LogP contribution in [0.5, 0.6) is 0 Å². The first-order chi connectivity index (χ1) is 7.65. The molecule has 0 fully saturated rings. The highest BCUT2D eigenvalue weighted by atomic mass is 16.2. The maximum absolute atomic E-state index is 11.4. The lowest BCUT2D eigenvalue weighted by atomic mass is 10.3. The van der Waals surface area contributed by atoms with Gasteiger partial charge in [0.25, 0.3) is 5.91 Å². The van der Waals surface area contributed by atoms with Gasteiger partial charge in [0.2, 0.25) is 0 Å². The van der Waals surface area contributed by atoms with Crippen molar-refractivity contribution >= 4 is 12.1 Å². The predicted octanol–water partition coefficient (Wildman–Crippen LogP) is 1.43. The topological polar surface area (TPSA) is 56.2 Å². The molecule has 1 rings (SSSR count). The molecular formula is C12H17N3O. The van der Waals surface area contributed by atoms with Gasteiger partial charge in [-0.25, -0.2) is 0 Å². The summed E-state index contributed by atoms with van der Waals surface area (Å²) in [7, 11) is 0. The van der Waals surface area contributed by atoms with Gasteiger partial charge in [-0.05, 0) is 18.7 Å². The lowest BCUT2D eigenvalue weighted by Gasteiger charge is -2.18. The number of carbonyl (C=O) groups is 1. The monoisotopic (exact) mass is 219 g/mol. The summed E-state index contributed by atoms with van der Waals surface area (Å²) in [5.74, 6) is -0.0164. The van der Waals surface area contributed by atoms with Crippen LogP contribution in [0.1, 0.15) is 12.8 Å². The maximum Gasteiger partial charge on any atom is 0.251 e. The Bertz CT molecular complexity index is 326. The second kappa shape index (κ2) is 5.90. The molecule has 4 heteroatoms. The molecule has 0 saturated heterocycles. The first-order valence-corrected chi connectivity index (χ1v) is 5.24. The van der Waals surface area contributed by atoms with E-state index >= 15 is 0 Å². The van der Waals surface area contributed by atoms with E-state index in [0.29, 0.717) is 19.4 Å². The number of nitrogens with one attached hydrogen (secondary N) is 2. The zero-order chi connectivity index (χ0) is 12.0. The molecule has 2 N–H and O–H groups in total. The van der Waals surface area contributed by atoms with Crippen LogP contribution in [0.4, 0.5) is 0 Å². The fourth-order valence-corrected chi connectivity index (χ4v) is 1.40. The average Bonchev–Trinajstić information content (AvgIpc) is 2.57. The molecule has 1 aliphatic heterocycles. The van der Waals surface area contributed by atoms with Gasteiger partial charge in [-0.2, -0.15) is 0 Å². The van der Waals surface area contributed by atoms with Gasteiger partial charge in [0, 0.05) is 37.0 Å². The van der Waals surface area contributed by atoms with Crippen LogP contribution in [0.2, 0.25) is 0 Å². The SMILES string of the molecule is C=C(CCN1C(=C)C=CC1=O)NCCC=N. The Balaban J connectivity index is 2.24. The molecule has 1 amide bonds. The summed E-state index contributed by atoms with van der Waals surface area (Å²) in [5.41, 5.74) is 1.62. The van der Waals surface area contributed by atoms with Crippen LogP contribution in [0, 0.1) is 5.41 Å². The van der Waals surface area contributed by atoms with Crippen molar-refractivity contribution in [2.45, 2.75) is 12.8 Å². The highest BCUT2D eigenvalue weighted by molar-refractivity contribution is 5.92. The second-order valence-electron chi connectivity index (χ2n) is 3.59. The minimum atomic E-state index is -0.0164. The number of allylic oxidation sites excluding steroid dienone is 1. The number of hydrogen-bond donors (Lipinski definition) is 2. The minimum absolute atomic E-state index is 0.0164. The van der Waals surface area contributed by atoms with E-state index in [1.807, 2.05) is 0 Å². The summed E-state index contributed by atoms with van der Waals surface area (Å²) in [6.45, 7) is 8.96. The van der Waals surface area contributed by atoms with Gasteiger partial charge < -0.3 is 15.6 Å². The molecule has 4 nitrogen and oxygen atoms in total. The molecule has 0 unspecified atom stereocenters. The molecule has 1 heterocycles. The Morgan fingerprint density at radius 2 is 2.31 bits per heavy atom. The average molecular weight is 219 g/mol. The van der Waals surface area contributed by atoms with Crippen LogP contribution >= 0.6 is 0 Å². The highest BCUT2D eigenvalue weighted by Gasteiger charge is 2.17. The predicted molar refractivity (Wildman–Crippen MR) is 65.2 cm³/mol. The van der Waals surface area contributed by atoms with E-state index in [2.05, 4.69) is 18.5 Å². The van der Waals surface area contributed by atoms with Crippen molar-refractivity contribution in [3.05, 3.63) is 36.7 Å². The molecule has 0 spiro atoms. The molecule has 0 radical (unpaired) electrons. The number of amides is 1. The van der Waals surface area contributed by atoms with Gasteiger partial charge in [0.1, 0.15) is 0 Å². The summed E-state index contributed by atoms with van der Waals surface area (Å²) in [6, 6.07) is 0. The fourth-order valence-electron chi connectivity index (χ4n) is 1.40. The third-order valence-electron chi connectivity index (χ3n) is 2.33. The smallest absolute Gasteiger partial charge is 0.251 e. The quantitative estimate of drug-likeness (QED) is 0.502. The molecule has 0 aromatic carbocycles. The van der Waals surface area contributed by atoms with Crippen molar-refractivity contribution in [3.8, 4) is 0 Å². The molecule has 16 heavy (non-hydrogen) atoms. The molecule has 0 aromatic heterocycles. The molecule has 0 saturated carbocycles. The Hall–Kier alpha value is -1.84. The van der Waals surface area contributed by atoms with Gasteiger partial charge in [-0.1, -0.05) is 13.2 Å². The van der Waals surface area contributed by atoms with E-state index in [0.717, 1.165) is 17.9 Å². The Morgan fingerprint density at radius 3 is 2.88 bits per heavy atom. The largest absolute Gasteiger partial charge is 0.388 e. The number of hydrogen-bond acceptors (Lipinski definition) is 3. The summed E-state index contributed by atoms with van der Waals surface area (Å²) in [4.78, 5) is 13.0. The van der Waals surface area contributed by atoms with Gasteiger partial charge in [-0.3, -0.25) is 4.79 Å². The summed E-state index contributed by atoms with van der Waals surface area (Å²) in [5, 5.41) is 9.97. The fraction of sp³-hybridized carbons (Fsp3) is 0.333. The maximum atomic E-state index is 11.4. The lowest BCUT2D eigenvalue weighted by molar-refractivity contribution is -0.123. The number of carbonyl (C=O) groups excluding carboxylic acids is 1. The third kappa shape index (κ3) is 3.38. The van der Waals surface area contributed by atoms with E-state index in [4.69, 9.17) is 5.41 Å². The highest BCUT2D eigenvalue weighted by Crippen LogP contribution is 2.13. The Labute approximate surface area is 95.8 Å². The lowest BCUT2D eigenvalue weighted by Crippen LogP contribution is -2.26. The van der Waals surface area contributed by atoms with Gasteiger partial charge in [0.05, 0.1) is 0 Å². The van der Waals surface area contributed by atoms with Crippen LogP contribution in [0.15, 0.2) is 36.7 Å². The van der Waals surface area contributed by atoms with Crippen LogP contribution in [0.3, 0.4) is 0 Å². The van der Waals surface area contributed by atoms with Crippen LogP contribution < -0.4 is 5.32 Å². The van der Waals surface area contributed by atoms with Gasteiger partial charge >= 0.3 is 0 Å². The van der Waals surface area contributed by atoms with Crippen LogP contribution in [-0.4, -0.2) is 30.1 Å². The summed E-state index contributed by atoms with van der Waals surface area (Å²) in [6.07, 6.45) is 5.98. The molecule has 0 atom stereocenters. The van der Waals surface area contributed by atoms with Crippen molar-refractivity contribution in [1.29, 1.82) is 5.41 Å². The number of rotatable bonds is 7. The second-order valence-corrected chi connectivity index (χ2v) is 3.59. The molecule has 86 valence electrons. The van der Waals surface area contributed by atoms with E-state index in [1.54, 1.807) is 11.0 Å². The van der Waals surface area contributed by atoms with Crippen LogP contribution in [-0.2, 0) is 4.79 Å². The van der Waals surface area contributed by atoms with E-state index in [1.165, 1.54) is 12.3 Å². The first-order valence-electron chi connectivity index (χ1n) is 5.24. The molecule has 1 aliphatic rings. The van der Waals surface area contributed by atoms with E-state index in [9.17, 15) is 4.79 Å². The first kappa shape index (κ1) is 12.2. The zero-order valence-corrected chi connectivity index (χ0v) is 9.33. The Morgan fingerprint density at radius 1 is 1.56 bits per heavy atom. The zero-order valence-electron chi connectivity index (χ0n) is 9.33. The van der Waals surface area contributed by atoms with Crippen molar-refractivity contribution in [2.75, 3.05) is 13.1 Å². The normalized spacial score (nSPS) is 14.4. The standard InChI is InChI=1S/C12H17N3O/c1-10(14-8-3-7-13)6-9-15-11(2)4-5-12(15)16/h4-5,7,13-14H,1-3,6,8-9H2. The molecule has 0 aromatic rings. The number of nitrogens with zero attached hydrogens (tertiary/aromatic N) is 1. The van der Waals surface area contributed by atoms with Gasteiger partial charge in [0.15, 0.2) is 0 Å². The summed E-state index contributed by atoms with van der Waals surface area (Å²) < 4.78 is 0. The molecule has 0 aliphatic carbocycles.